The van der Waals surface area contributed by atoms with Gasteiger partial charge in [-0.1, -0.05) is 19.8 Å². The number of halogens is 1. The van der Waals surface area contributed by atoms with Crippen LogP contribution in [0.25, 0.3) is 0 Å². The minimum atomic E-state index is 0.420. The van der Waals surface area contributed by atoms with Crippen LogP contribution in [0.1, 0.15) is 50.3 Å². The summed E-state index contributed by atoms with van der Waals surface area (Å²) >= 11 is 5.50. The van der Waals surface area contributed by atoms with E-state index in [1.54, 1.807) is 0 Å². The molecular formula is C17H27BrN2S. The fourth-order valence-corrected chi connectivity index (χ4v) is 5.89. The average Bonchev–Trinajstić information content (AvgIpc) is 3.20. The van der Waals surface area contributed by atoms with E-state index >= 15 is 0 Å². The summed E-state index contributed by atoms with van der Waals surface area (Å²) in [6.07, 6.45) is 9.56. The molecule has 1 unspecified atom stereocenters. The summed E-state index contributed by atoms with van der Waals surface area (Å²) in [4.78, 5) is 4.34. The number of likely N-dealkylation sites (tertiary alicyclic amines) is 1. The van der Waals surface area contributed by atoms with Gasteiger partial charge in [-0.05, 0) is 73.7 Å². The van der Waals surface area contributed by atoms with Crippen molar-refractivity contribution in [1.29, 1.82) is 0 Å². The zero-order valence-electron chi connectivity index (χ0n) is 13.0. The van der Waals surface area contributed by atoms with Gasteiger partial charge in [0, 0.05) is 26.3 Å². The Morgan fingerprint density at radius 1 is 1.29 bits per heavy atom. The molecule has 1 N–H and O–H groups in total. The quantitative estimate of drug-likeness (QED) is 0.795. The van der Waals surface area contributed by atoms with Gasteiger partial charge in [-0.3, -0.25) is 4.90 Å². The van der Waals surface area contributed by atoms with Gasteiger partial charge in [0.05, 0.1) is 0 Å². The van der Waals surface area contributed by atoms with Gasteiger partial charge in [-0.15, -0.1) is 11.3 Å². The Kier molecular flexibility index (Phi) is 5.41. The normalized spacial score (nSPS) is 23.7. The fourth-order valence-electron chi connectivity index (χ4n) is 4.40. The van der Waals surface area contributed by atoms with Crippen molar-refractivity contribution in [2.75, 3.05) is 19.6 Å². The van der Waals surface area contributed by atoms with E-state index in [2.05, 4.69) is 44.5 Å². The maximum Gasteiger partial charge on any atom is 0.0366 e. The van der Waals surface area contributed by atoms with Crippen molar-refractivity contribution in [2.24, 2.45) is 0 Å². The van der Waals surface area contributed by atoms with E-state index in [0.29, 0.717) is 11.6 Å². The number of hydrogen-bond donors (Lipinski definition) is 1. The highest BCUT2D eigenvalue weighted by Gasteiger charge is 2.46. The van der Waals surface area contributed by atoms with Crippen molar-refractivity contribution in [3.05, 3.63) is 20.8 Å². The average molecular weight is 371 g/mol. The van der Waals surface area contributed by atoms with Gasteiger partial charge in [-0.25, -0.2) is 0 Å². The fraction of sp³-hybridized carbons (Fsp3) is 0.765. The van der Waals surface area contributed by atoms with Crippen molar-refractivity contribution in [2.45, 2.75) is 63.5 Å². The Balaban J connectivity index is 1.81. The lowest BCUT2D eigenvalue weighted by Crippen LogP contribution is -2.60. The number of likely N-dealkylation sites (N-methyl/N-ethyl adjacent to an activating group) is 1. The second-order valence-corrected chi connectivity index (χ2v) is 8.46. The largest absolute Gasteiger partial charge is 0.312 e. The molecule has 3 rings (SSSR count). The first kappa shape index (κ1) is 16.0. The smallest absolute Gasteiger partial charge is 0.0366 e. The first-order chi connectivity index (χ1) is 10.2. The molecule has 1 aliphatic carbocycles. The topological polar surface area (TPSA) is 15.3 Å². The van der Waals surface area contributed by atoms with E-state index in [4.69, 9.17) is 0 Å². The summed E-state index contributed by atoms with van der Waals surface area (Å²) in [7, 11) is 0. The molecule has 1 saturated heterocycles. The molecule has 0 radical (unpaired) electrons. The van der Waals surface area contributed by atoms with Crippen molar-refractivity contribution in [1.82, 2.24) is 10.2 Å². The molecular weight excluding hydrogens is 344 g/mol. The summed E-state index contributed by atoms with van der Waals surface area (Å²) in [5.74, 6) is 0. The molecule has 2 nitrogen and oxygen atoms in total. The van der Waals surface area contributed by atoms with Gasteiger partial charge < -0.3 is 5.32 Å². The van der Waals surface area contributed by atoms with E-state index in [1.807, 2.05) is 11.3 Å². The summed E-state index contributed by atoms with van der Waals surface area (Å²) in [5.41, 5.74) is 0.420. The highest BCUT2D eigenvalue weighted by molar-refractivity contribution is 9.10. The molecule has 0 bridgehead atoms. The molecule has 118 valence electrons. The van der Waals surface area contributed by atoms with Gasteiger partial charge in [-0.2, -0.15) is 0 Å². The molecule has 2 heterocycles. The molecule has 4 heteroatoms. The molecule has 1 atom stereocenters. The monoisotopic (exact) mass is 370 g/mol. The van der Waals surface area contributed by atoms with Gasteiger partial charge in [0.25, 0.3) is 0 Å². The summed E-state index contributed by atoms with van der Waals surface area (Å²) in [6, 6.07) is 2.91. The van der Waals surface area contributed by atoms with Gasteiger partial charge in [0.2, 0.25) is 0 Å². The SMILES string of the molecule is CCNC(Cc1cc(Br)cs1)C1(N2CCCC2)CCCC1. The molecule has 0 aromatic carbocycles. The number of thiophene rings is 1. The third-order valence-electron chi connectivity index (χ3n) is 5.33. The maximum atomic E-state index is 3.85. The lowest BCUT2D eigenvalue weighted by atomic mass is 9.83. The molecule has 0 spiro atoms. The Hall–Kier alpha value is 0.1000. The molecule has 0 amide bonds. The van der Waals surface area contributed by atoms with Gasteiger partial charge in [0.15, 0.2) is 0 Å². The highest BCUT2D eigenvalue weighted by Crippen LogP contribution is 2.41. The van der Waals surface area contributed by atoms with E-state index in [0.717, 1.165) is 6.54 Å². The van der Waals surface area contributed by atoms with Gasteiger partial charge >= 0.3 is 0 Å². The second-order valence-electron chi connectivity index (χ2n) is 6.55. The zero-order chi connectivity index (χ0) is 14.7. The van der Waals surface area contributed by atoms with Crippen molar-refractivity contribution in [3.63, 3.8) is 0 Å². The van der Waals surface area contributed by atoms with Crippen LogP contribution in [0.4, 0.5) is 0 Å². The zero-order valence-corrected chi connectivity index (χ0v) is 15.4. The van der Waals surface area contributed by atoms with E-state index in [9.17, 15) is 0 Å². The Bertz CT molecular complexity index is 447. The van der Waals surface area contributed by atoms with Crippen molar-refractivity contribution in [3.8, 4) is 0 Å². The van der Waals surface area contributed by atoms with E-state index in [-0.39, 0.29) is 0 Å². The lowest BCUT2D eigenvalue weighted by Gasteiger charge is -2.45. The predicted octanol–water partition coefficient (Wildman–Crippen LogP) is 4.44. The van der Waals surface area contributed by atoms with Crippen LogP contribution in [0.3, 0.4) is 0 Å². The standard InChI is InChI=1S/C17H27BrN2S/c1-2-19-16(12-15-11-14(18)13-21-15)17(7-3-4-8-17)20-9-5-6-10-20/h11,13,16,19H,2-10,12H2,1H3. The molecule has 1 saturated carbocycles. The van der Waals surface area contributed by atoms with Crippen molar-refractivity contribution >= 4 is 27.3 Å². The molecule has 1 aliphatic heterocycles. The maximum absolute atomic E-state index is 3.85. The van der Waals surface area contributed by atoms with Crippen LogP contribution in [0.2, 0.25) is 0 Å². The van der Waals surface area contributed by atoms with Crippen LogP contribution in [-0.4, -0.2) is 36.1 Å². The molecule has 1 aromatic rings. The number of nitrogens with one attached hydrogen (secondary N) is 1. The van der Waals surface area contributed by atoms with Crippen LogP contribution in [0, 0.1) is 0 Å². The Labute approximate surface area is 141 Å². The second kappa shape index (κ2) is 7.12. The molecule has 21 heavy (non-hydrogen) atoms. The third-order valence-corrected chi connectivity index (χ3v) is 7.05. The van der Waals surface area contributed by atoms with Crippen molar-refractivity contribution < 1.29 is 0 Å². The van der Waals surface area contributed by atoms with E-state index in [1.165, 1.54) is 67.4 Å². The van der Waals surface area contributed by atoms with Crippen LogP contribution in [-0.2, 0) is 6.42 Å². The highest BCUT2D eigenvalue weighted by atomic mass is 79.9. The number of nitrogens with zero attached hydrogens (tertiary/aromatic N) is 1. The van der Waals surface area contributed by atoms with Crippen LogP contribution >= 0.6 is 27.3 Å². The first-order valence-corrected chi connectivity index (χ1v) is 10.1. The molecule has 2 aliphatic rings. The Morgan fingerprint density at radius 3 is 2.57 bits per heavy atom. The predicted molar refractivity (Wildman–Crippen MR) is 95.2 cm³/mol. The Morgan fingerprint density at radius 2 is 2.00 bits per heavy atom. The summed E-state index contributed by atoms with van der Waals surface area (Å²) < 4.78 is 1.24. The molecule has 1 aromatic heterocycles. The third kappa shape index (κ3) is 3.39. The van der Waals surface area contributed by atoms with Crippen LogP contribution < -0.4 is 5.32 Å². The lowest BCUT2D eigenvalue weighted by molar-refractivity contribution is 0.0775. The van der Waals surface area contributed by atoms with E-state index < -0.39 is 0 Å². The molecule has 2 fully saturated rings. The minimum absolute atomic E-state index is 0.420. The number of hydrogen-bond acceptors (Lipinski definition) is 3. The minimum Gasteiger partial charge on any atom is -0.312 e. The summed E-state index contributed by atoms with van der Waals surface area (Å²) in [5, 5.41) is 6.07. The first-order valence-electron chi connectivity index (χ1n) is 8.46. The van der Waals surface area contributed by atoms with Gasteiger partial charge in [0.1, 0.15) is 0 Å². The van der Waals surface area contributed by atoms with Crippen LogP contribution in [0.5, 0.6) is 0 Å². The summed E-state index contributed by atoms with van der Waals surface area (Å²) in [6.45, 7) is 5.96. The number of rotatable bonds is 6. The van der Waals surface area contributed by atoms with Crippen LogP contribution in [0.15, 0.2) is 15.9 Å².